The van der Waals surface area contributed by atoms with Crippen molar-refractivity contribution in [1.82, 2.24) is 0 Å². The maximum atomic E-state index is 14.0. The van der Waals surface area contributed by atoms with Gasteiger partial charge in [0.25, 0.3) is 0 Å². The molecule has 1 aliphatic heterocycles. The van der Waals surface area contributed by atoms with Gasteiger partial charge in [0.15, 0.2) is 0 Å². The Labute approximate surface area is 197 Å². The number of benzene rings is 4. The van der Waals surface area contributed by atoms with E-state index in [2.05, 4.69) is 24.3 Å². The van der Waals surface area contributed by atoms with Crippen LogP contribution in [0.25, 0.3) is 0 Å². The molecule has 5 heteroatoms. The van der Waals surface area contributed by atoms with Crippen LogP contribution in [0.3, 0.4) is 0 Å². The molecule has 158 valence electrons. The van der Waals surface area contributed by atoms with Gasteiger partial charge in [-0.05, 0) is 59.7 Å². The average molecular weight is 459 g/mol. The lowest BCUT2D eigenvalue weighted by molar-refractivity contribution is 0.255. The summed E-state index contributed by atoms with van der Waals surface area (Å²) in [6.45, 7) is 0. The highest BCUT2D eigenvalue weighted by atomic mass is 35.5. The molecular weight excluding hydrogens is 439 g/mol. The first-order chi connectivity index (χ1) is 15.6. The second kappa shape index (κ2) is 8.70. The van der Waals surface area contributed by atoms with Crippen molar-refractivity contribution in [2.24, 2.45) is 0 Å². The summed E-state index contributed by atoms with van der Waals surface area (Å²) in [5.41, 5.74) is 3.71. The molecule has 0 radical (unpaired) electrons. The molecule has 1 saturated heterocycles. The second-order valence-corrected chi connectivity index (χ2v) is 8.56. The number of halogens is 2. The smallest absolute Gasteiger partial charge is 0.284 e. The highest BCUT2D eigenvalue weighted by Crippen LogP contribution is 2.49. The van der Waals surface area contributed by atoms with Gasteiger partial charge in [0.1, 0.15) is 0 Å². The van der Waals surface area contributed by atoms with Gasteiger partial charge in [-0.1, -0.05) is 83.9 Å². The normalized spacial score (nSPS) is 18.2. The molecular formula is C27H20Cl2N2O. The zero-order chi connectivity index (χ0) is 22.1. The van der Waals surface area contributed by atoms with Crippen molar-refractivity contribution in [2.45, 2.75) is 12.1 Å². The Morgan fingerprint density at radius 3 is 1.19 bits per heavy atom. The predicted molar refractivity (Wildman–Crippen MR) is 132 cm³/mol. The van der Waals surface area contributed by atoms with E-state index < -0.39 is 0 Å². The number of carbonyl (C=O) groups excluding carboxylic acids is 1. The summed E-state index contributed by atoms with van der Waals surface area (Å²) in [6.07, 6.45) is 0. The molecule has 1 fully saturated rings. The number of hydrogen-bond donors (Lipinski definition) is 0. The lowest BCUT2D eigenvalue weighted by Gasteiger charge is -2.29. The summed E-state index contributed by atoms with van der Waals surface area (Å²) in [5, 5.41) is 1.26. The van der Waals surface area contributed by atoms with Crippen LogP contribution in [0.1, 0.15) is 23.2 Å². The Morgan fingerprint density at radius 2 is 0.844 bits per heavy atom. The lowest BCUT2D eigenvalue weighted by Crippen LogP contribution is -2.32. The largest absolute Gasteiger partial charge is 0.330 e. The molecule has 0 unspecified atom stereocenters. The Hall–Kier alpha value is -3.27. The topological polar surface area (TPSA) is 23.6 Å². The summed E-state index contributed by atoms with van der Waals surface area (Å²) in [6, 6.07) is 34.5. The minimum absolute atomic E-state index is 0.0997. The monoisotopic (exact) mass is 458 g/mol. The Balaban J connectivity index is 1.73. The summed E-state index contributed by atoms with van der Waals surface area (Å²) in [5.74, 6) is 0. The summed E-state index contributed by atoms with van der Waals surface area (Å²) in [7, 11) is 0. The van der Waals surface area contributed by atoms with E-state index in [0.29, 0.717) is 10.0 Å². The summed E-state index contributed by atoms with van der Waals surface area (Å²) < 4.78 is 0. The van der Waals surface area contributed by atoms with E-state index in [0.717, 1.165) is 22.5 Å². The zero-order valence-electron chi connectivity index (χ0n) is 17.1. The van der Waals surface area contributed by atoms with Crippen molar-refractivity contribution < 1.29 is 4.79 Å². The van der Waals surface area contributed by atoms with Gasteiger partial charge in [-0.3, -0.25) is 9.80 Å². The fourth-order valence-electron chi connectivity index (χ4n) is 4.35. The molecule has 0 aliphatic carbocycles. The maximum absolute atomic E-state index is 14.0. The number of carbonyl (C=O) groups is 1. The van der Waals surface area contributed by atoms with Crippen LogP contribution in [0.2, 0.25) is 10.0 Å². The SMILES string of the molecule is O=C1N(c2ccc(Cl)cc2)[C@H](c2ccccc2)[C@H](c2ccccc2)N1c1ccc(Cl)cc1. The van der Waals surface area contributed by atoms with Gasteiger partial charge >= 0.3 is 6.03 Å². The van der Waals surface area contributed by atoms with Gasteiger partial charge in [-0.2, -0.15) is 0 Å². The van der Waals surface area contributed by atoms with Crippen LogP contribution in [-0.4, -0.2) is 6.03 Å². The predicted octanol–water partition coefficient (Wildman–Crippen LogP) is 7.92. The fourth-order valence-corrected chi connectivity index (χ4v) is 4.60. The first-order valence-corrected chi connectivity index (χ1v) is 11.1. The van der Waals surface area contributed by atoms with Crippen LogP contribution in [0.5, 0.6) is 0 Å². The van der Waals surface area contributed by atoms with Crippen LogP contribution >= 0.6 is 23.2 Å². The third kappa shape index (κ3) is 3.75. The number of urea groups is 1. The van der Waals surface area contributed by atoms with Gasteiger partial charge in [0, 0.05) is 21.4 Å². The van der Waals surface area contributed by atoms with Crippen molar-refractivity contribution in [3.8, 4) is 0 Å². The number of amides is 2. The van der Waals surface area contributed by atoms with Crippen LogP contribution < -0.4 is 9.80 Å². The fraction of sp³-hybridized carbons (Fsp3) is 0.0741. The van der Waals surface area contributed by atoms with Crippen LogP contribution in [0.15, 0.2) is 109 Å². The molecule has 4 aromatic carbocycles. The molecule has 0 saturated carbocycles. The average Bonchev–Trinajstić information content (AvgIpc) is 3.14. The molecule has 32 heavy (non-hydrogen) atoms. The van der Waals surface area contributed by atoms with Crippen LogP contribution in [0, 0.1) is 0 Å². The molecule has 3 nitrogen and oxygen atoms in total. The van der Waals surface area contributed by atoms with Crippen LogP contribution in [0.4, 0.5) is 16.2 Å². The summed E-state index contributed by atoms with van der Waals surface area (Å²) >= 11 is 12.3. The minimum atomic E-state index is -0.233. The summed E-state index contributed by atoms with van der Waals surface area (Å²) in [4.78, 5) is 17.7. The van der Waals surface area contributed by atoms with Gasteiger partial charge in [0.05, 0.1) is 12.1 Å². The van der Waals surface area contributed by atoms with E-state index in [1.807, 2.05) is 94.7 Å². The third-order valence-corrected chi connectivity index (χ3v) is 6.26. The Bertz CT molecular complexity index is 1120. The van der Waals surface area contributed by atoms with Gasteiger partial charge in [-0.25, -0.2) is 4.79 Å². The lowest BCUT2D eigenvalue weighted by atomic mass is 9.92. The molecule has 1 aliphatic rings. The Morgan fingerprint density at radius 1 is 0.500 bits per heavy atom. The van der Waals surface area contributed by atoms with E-state index in [1.54, 1.807) is 0 Å². The Kier molecular flexibility index (Phi) is 5.60. The maximum Gasteiger partial charge on any atom is 0.330 e. The highest BCUT2D eigenvalue weighted by molar-refractivity contribution is 6.31. The number of nitrogens with zero attached hydrogens (tertiary/aromatic N) is 2. The standard InChI is InChI=1S/C27H20Cl2N2O/c28-21-11-15-23(16-12-21)30-25(19-7-3-1-4-8-19)26(20-9-5-2-6-10-20)31(27(30)32)24-17-13-22(29)14-18-24/h1-18,25-26H/t25-,26+. The molecule has 0 spiro atoms. The van der Waals surface area contributed by atoms with E-state index in [9.17, 15) is 4.79 Å². The zero-order valence-corrected chi connectivity index (χ0v) is 18.6. The van der Waals surface area contributed by atoms with Crippen LogP contribution in [-0.2, 0) is 0 Å². The second-order valence-electron chi connectivity index (χ2n) is 7.69. The first kappa shape index (κ1) is 20.6. The molecule has 4 aromatic rings. The molecule has 2 atom stereocenters. The quantitative estimate of drug-likeness (QED) is 0.304. The van der Waals surface area contributed by atoms with E-state index in [4.69, 9.17) is 23.2 Å². The highest BCUT2D eigenvalue weighted by Gasteiger charge is 2.48. The van der Waals surface area contributed by atoms with E-state index in [1.165, 1.54) is 0 Å². The molecule has 0 aromatic heterocycles. The number of hydrogen-bond acceptors (Lipinski definition) is 1. The number of anilines is 2. The van der Waals surface area contributed by atoms with Gasteiger partial charge < -0.3 is 0 Å². The van der Waals surface area contributed by atoms with Crippen molar-refractivity contribution in [1.29, 1.82) is 0 Å². The third-order valence-electron chi connectivity index (χ3n) is 5.76. The van der Waals surface area contributed by atoms with E-state index in [-0.39, 0.29) is 18.1 Å². The molecule has 2 amide bonds. The molecule has 1 heterocycles. The van der Waals surface area contributed by atoms with Crippen molar-refractivity contribution in [3.05, 3.63) is 130 Å². The minimum Gasteiger partial charge on any atom is -0.284 e. The molecule has 0 bridgehead atoms. The molecule has 0 N–H and O–H groups in total. The van der Waals surface area contributed by atoms with Crippen molar-refractivity contribution >= 4 is 40.6 Å². The molecule has 5 rings (SSSR count). The first-order valence-electron chi connectivity index (χ1n) is 10.4. The van der Waals surface area contributed by atoms with E-state index >= 15 is 0 Å². The van der Waals surface area contributed by atoms with Crippen molar-refractivity contribution in [2.75, 3.05) is 9.80 Å². The van der Waals surface area contributed by atoms with Gasteiger partial charge in [-0.15, -0.1) is 0 Å². The van der Waals surface area contributed by atoms with Gasteiger partial charge in [0.2, 0.25) is 0 Å². The number of rotatable bonds is 4. The van der Waals surface area contributed by atoms with Crippen molar-refractivity contribution in [3.63, 3.8) is 0 Å².